The van der Waals surface area contributed by atoms with Gasteiger partial charge in [0.2, 0.25) is 0 Å². The van der Waals surface area contributed by atoms with Crippen LogP contribution in [0.25, 0.3) is 88.3 Å². The number of hydrogen-bond acceptors (Lipinski definition) is 2. The van der Waals surface area contributed by atoms with Gasteiger partial charge in [0.05, 0.1) is 0 Å². The Hall–Kier alpha value is -7.94. The number of furan rings is 1. The topological polar surface area (TPSA) is 16.4 Å². The average Bonchev–Trinajstić information content (AvgIpc) is 3.72. The van der Waals surface area contributed by atoms with Gasteiger partial charge in [0.1, 0.15) is 11.2 Å². The molecule has 11 rings (SSSR count). The number of nitrogens with zero attached hydrogens (tertiary/aromatic N) is 1. The van der Waals surface area contributed by atoms with Crippen LogP contribution in [0.1, 0.15) is 0 Å². The van der Waals surface area contributed by atoms with E-state index in [1.165, 1.54) is 44.2 Å². The van der Waals surface area contributed by atoms with Crippen molar-refractivity contribution in [2.75, 3.05) is 4.90 Å². The first-order valence-corrected chi connectivity index (χ1v) is 20.5. The molecule has 0 unspecified atom stereocenters. The normalized spacial score (nSPS) is 11.3. The second-order valence-electron chi connectivity index (χ2n) is 15.3. The zero-order valence-corrected chi connectivity index (χ0v) is 32.9. The monoisotopic (exact) mass is 765 g/mol. The summed E-state index contributed by atoms with van der Waals surface area (Å²) in [4.78, 5) is 2.35. The molecule has 1 heterocycles. The van der Waals surface area contributed by atoms with Crippen LogP contribution in [-0.2, 0) is 0 Å². The second kappa shape index (κ2) is 15.1. The van der Waals surface area contributed by atoms with Crippen molar-refractivity contribution < 1.29 is 4.42 Å². The molecule has 1 aromatic heterocycles. The van der Waals surface area contributed by atoms with E-state index in [4.69, 9.17) is 4.42 Å². The predicted molar refractivity (Wildman–Crippen MR) is 253 cm³/mol. The highest BCUT2D eigenvalue weighted by Crippen LogP contribution is 2.40. The lowest BCUT2D eigenvalue weighted by Crippen LogP contribution is -2.09. The van der Waals surface area contributed by atoms with Crippen LogP contribution in [0.5, 0.6) is 0 Å². The van der Waals surface area contributed by atoms with Crippen molar-refractivity contribution in [2.45, 2.75) is 0 Å². The lowest BCUT2D eigenvalue weighted by atomic mass is 9.97. The van der Waals surface area contributed by atoms with E-state index in [1.54, 1.807) is 0 Å². The van der Waals surface area contributed by atoms with Gasteiger partial charge in [-0.2, -0.15) is 0 Å². The van der Waals surface area contributed by atoms with E-state index in [-0.39, 0.29) is 0 Å². The molecule has 0 atom stereocenters. The summed E-state index contributed by atoms with van der Waals surface area (Å²) in [6.45, 7) is 0. The maximum Gasteiger partial charge on any atom is 0.143 e. The molecule has 60 heavy (non-hydrogen) atoms. The first-order valence-electron chi connectivity index (χ1n) is 20.5. The van der Waals surface area contributed by atoms with Gasteiger partial charge in [-0.05, 0) is 109 Å². The number of fused-ring (bicyclic) bond motifs is 4. The largest absolute Gasteiger partial charge is 0.455 e. The van der Waals surface area contributed by atoms with Gasteiger partial charge in [-0.1, -0.05) is 188 Å². The van der Waals surface area contributed by atoms with E-state index in [1.807, 2.05) is 12.1 Å². The van der Waals surface area contributed by atoms with Crippen LogP contribution in [0.15, 0.2) is 241 Å². The Bertz CT molecular complexity index is 3270. The Labute approximate surface area is 349 Å². The fraction of sp³-hybridized carbons (Fsp3) is 0. The smallest absolute Gasteiger partial charge is 0.143 e. The highest BCUT2D eigenvalue weighted by atomic mass is 16.3. The summed E-state index contributed by atoms with van der Waals surface area (Å²) in [5.74, 6) is 0. The predicted octanol–water partition coefficient (Wildman–Crippen LogP) is 16.5. The van der Waals surface area contributed by atoms with Gasteiger partial charge in [-0.3, -0.25) is 0 Å². The molecule has 0 saturated carbocycles. The van der Waals surface area contributed by atoms with E-state index in [0.717, 1.165) is 61.3 Å². The lowest BCUT2D eigenvalue weighted by Gasteiger charge is -2.26. The van der Waals surface area contributed by atoms with Crippen LogP contribution in [0.4, 0.5) is 17.1 Å². The first-order chi connectivity index (χ1) is 29.7. The van der Waals surface area contributed by atoms with Gasteiger partial charge in [0.15, 0.2) is 0 Å². The molecule has 2 nitrogen and oxygen atoms in total. The molecular formula is C58H39NO. The fourth-order valence-electron chi connectivity index (χ4n) is 8.65. The third kappa shape index (κ3) is 6.51. The SMILES string of the molecule is c1ccc(-c2cccc(-c3ccc(N(c4ccc(-c5ccc(-c6cccc7c6oc6ccccc67)cc5)cc4)c4ccc(-c5cccc6ccccc56)cc4)cc3)c2)cc1. The minimum Gasteiger partial charge on any atom is -0.455 e. The van der Waals surface area contributed by atoms with Crippen LogP contribution < -0.4 is 4.90 Å². The van der Waals surface area contributed by atoms with Gasteiger partial charge in [0.25, 0.3) is 0 Å². The third-order valence-corrected chi connectivity index (χ3v) is 11.7. The van der Waals surface area contributed by atoms with Crippen LogP contribution >= 0.6 is 0 Å². The molecule has 2 heteroatoms. The Morgan fingerprint density at radius 2 is 0.683 bits per heavy atom. The van der Waals surface area contributed by atoms with Crippen LogP contribution in [-0.4, -0.2) is 0 Å². The highest BCUT2D eigenvalue weighted by Gasteiger charge is 2.16. The number of rotatable bonds is 8. The van der Waals surface area contributed by atoms with E-state index < -0.39 is 0 Å². The van der Waals surface area contributed by atoms with E-state index in [2.05, 4.69) is 229 Å². The summed E-state index contributed by atoms with van der Waals surface area (Å²) >= 11 is 0. The quantitative estimate of drug-likeness (QED) is 0.153. The molecule has 0 N–H and O–H groups in total. The molecule has 11 aromatic rings. The maximum absolute atomic E-state index is 6.35. The molecule has 0 spiro atoms. The van der Waals surface area contributed by atoms with Crippen molar-refractivity contribution in [3.8, 4) is 55.6 Å². The Morgan fingerprint density at radius 1 is 0.267 bits per heavy atom. The second-order valence-corrected chi connectivity index (χ2v) is 15.3. The Morgan fingerprint density at radius 3 is 1.37 bits per heavy atom. The van der Waals surface area contributed by atoms with Crippen molar-refractivity contribution in [1.82, 2.24) is 0 Å². The van der Waals surface area contributed by atoms with Gasteiger partial charge in [-0.15, -0.1) is 0 Å². The van der Waals surface area contributed by atoms with E-state index >= 15 is 0 Å². The van der Waals surface area contributed by atoms with Gasteiger partial charge < -0.3 is 9.32 Å². The molecule has 0 bridgehead atoms. The van der Waals surface area contributed by atoms with Crippen molar-refractivity contribution in [2.24, 2.45) is 0 Å². The number of hydrogen-bond donors (Lipinski definition) is 0. The zero-order chi connectivity index (χ0) is 39.8. The molecule has 0 aliphatic rings. The molecular weight excluding hydrogens is 727 g/mol. The lowest BCUT2D eigenvalue weighted by molar-refractivity contribution is 0.670. The van der Waals surface area contributed by atoms with Crippen molar-refractivity contribution >= 4 is 49.8 Å². The number of para-hydroxylation sites is 2. The van der Waals surface area contributed by atoms with Gasteiger partial charge in [-0.25, -0.2) is 0 Å². The van der Waals surface area contributed by atoms with Crippen molar-refractivity contribution in [3.63, 3.8) is 0 Å². The summed E-state index contributed by atoms with van der Waals surface area (Å²) in [7, 11) is 0. The molecule has 282 valence electrons. The fourth-order valence-corrected chi connectivity index (χ4v) is 8.65. The first kappa shape index (κ1) is 35.2. The summed E-state index contributed by atoms with van der Waals surface area (Å²) in [5, 5.41) is 4.79. The Balaban J connectivity index is 0.929. The van der Waals surface area contributed by atoms with Crippen LogP contribution in [0.3, 0.4) is 0 Å². The third-order valence-electron chi connectivity index (χ3n) is 11.7. The maximum atomic E-state index is 6.35. The zero-order valence-electron chi connectivity index (χ0n) is 32.9. The minimum atomic E-state index is 0.913. The molecule has 10 aromatic carbocycles. The van der Waals surface area contributed by atoms with Crippen molar-refractivity contribution in [1.29, 1.82) is 0 Å². The summed E-state index contributed by atoms with van der Waals surface area (Å²) < 4.78 is 6.35. The average molecular weight is 766 g/mol. The molecule has 0 amide bonds. The summed E-state index contributed by atoms with van der Waals surface area (Å²) in [6, 6.07) is 84.8. The van der Waals surface area contributed by atoms with Gasteiger partial charge in [0, 0.05) is 33.4 Å². The van der Waals surface area contributed by atoms with Crippen LogP contribution in [0.2, 0.25) is 0 Å². The highest BCUT2D eigenvalue weighted by molar-refractivity contribution is 6.09. The number of benzene rings is 10. The Kier molecular flexibility index (Phi) is 8.87. The van der Waals surface area contributed by atoms with Crippen LogP contribution in [0, 0.1) is 0 Å². The minimum absolute atomic E-state index is 0.913. The molecule has 0 fully saturated rings. The summed E-state index contributed by atoms with van der Waals surface area (Å²) in [5.41, 5.74) is 16.9. The molecule has 0 saturated heterocycles. The number of anilines is 3. The molecule has 0 radical (unpaired) electrons. The standard InChI is InChI=1S/C58H39NO/c1-2-11-40(12-3-1)47-15-8-16-48(39-47)43-29-35-50(36-30-43)59(51-37-31-45(32-38-51)53-19-9-14-44-13-4-5-17-52(44)53)49-33-27-42(28-34-49)41-23-25-46(26-24-41)54-20-10-21-56-55-18-6-7-22-57(55)60-58(54)56/h1-39H. The van der Waals surface area contributed by atoms with Crippen molar-refractivity contribution in [3.05, 3.63) is 237 Å². The molecule has 0 aliphatic heterocycles. The summed E-state index contributed by atoms with van der Waals surface area (Å²) in [6.07, 6.45) is 0. The van der Waals surface area contributed by atoms with E-state index in [0.29, 0.717) is 0 Å². The van der Waals surface area contributed by atoms with E-state index in [9.17, 15) is 0 Å². The molecule has 0 aliphatic carbocycles. The van der Waals surface area contributed by atoms with Gasteiger partial charge >= 0.3 is 0 Å².